The van der Waals surface area contributed by atoms with Gasteiger partial charge in [0.2, 0.25) is 0 Å². The third kappa shape index (κ3) is 3.89. The molecule has 0 radical (unpaired) electrons. The van der Waals surface area contributed by atoms with Crippen LogP contribution in [-0.4, -0.2) is 18.0 Å². The van der Waals surface area contributed by atoms with Crippen LogP contribution < -0.4 is 5.32 Å². The summed E-state index contributed by atoms with van der Waals surface area (Å²) in [5.41, 5.74) is -0.585. The van der Waals surface area contributed by atoms with E-state index in [1.54, 1.807) is 0 Å². The Hall–Kier alpha value is -2.90. The molecule has 4 nitrogen and oxygen atoms in total. The molecule has 0 bridgehead atoms. The van der Waals surface area contributed by atoms with Gasteiger partial charge in [0.25, 0.3) is 5.91 Å². The van der Waals surface area contributed by atoms with E-state index in [0.29, 0.717) is 6.07 Å². The van der Waals surface area contributed by atoms with Crippen LogP contribution in [0, 0.1) is 23.3 Å². The van der Waals surface area contributed by atoms with Crippen LogP contribution in [0.5, 0.6) is 0 Å². The Labute approximate surface area is 134 Å². The molecule has 0 saturated carbocycles. The first-order valence-electron chi connectivity index (χ1n) is 6.70. The monoisotopic (exact) mass is 341 g/mol. The summed E-state index contributed by atoms with van der Waals surface area (Å²) >= 11 is 0. The number of benzene rings is 2. The largest absolute Gasteiger partial charge is 0.449 e. The first kappa shape index (κ1) is 17.5. The normalized spacial score (nSPS) is 11.7. The quantitative estimate of drug-likeness (QED) is 0.527. The zero-order chi connectivity index (χ0) is 17.9. The number of nitrogens with one attached hydrogen (secondary N) is 1. The third-order valence-electron chi connectivity index (χ3n) is 3.03. The van der Waals surface area contributed by atoms with E-state index >= 15 is 0 Å². The Balaban J connectivity index is 2.03. The van der Waals surface area contributed by atoms with Crippen LogP contribution in [-0.2, 0) is 9.53 Å². The van der Waals surface area contributed by atoms with Gasteiger partial charge in [-0.1, -0.05) is 0 Å². The van der Waals surface area contributed by atoms with Crippen LogP contribution in [0.4, 0.5) is 23.2 Å². The van der Waals surface area contributed by atoms with Crippen LogP contribution in [0.3, 0.4) is 0 Å². The van der Waals surface area contributed by atoms with Crippen LogP contribution in [0.25, 0.3) is 0 Å². The molecule has 2 rings (SSSR count). The summed E-state index contributed by atoms with van der Waals surface area (Å²) in [5.74, 6) is -7.10. The SMILES string of the molecule is C[C@@H](OC(=O)c1ccc(F)cc1)C(=O)Nc1ccc(F)c(F)c1F. The van der Waals surface area contributed by atoms with Crippen molar-refractivity contribution in [3.63, 3.8) is 0 Å². The summed E-state index contributed by atoms with van der Waals surface area (Å²) in [5, 5.41) is 1.99. The number of rotatable bonds is 4. The molecular weight excluding hydrogens is 330 g/mol. The molecule has 0 aliphatic carbocycles. The van der Waals surface area contributed by atoms with E-state index in [1.807, 2.05) is 5.32 Å². The van der Waals surface area contributed by atoms with Crippen molar-refractivity contribution in [2.75, 3.05) is 5.32 Å². The second kappa shape index (κ2) is 7.12. The maximum Gasteiger partial charge on any atom is 0.338 e. The second-order valence-electron chi connectivity index (χ2n) is 4.77. The predicted molar refractivity (Wildman–Crippen MR) is 76.2 cm³/mol. The van der Waals surface area contributed by atoms with E-state index in [1.165, 1.54) is 6.92 Å². The summed E-state index contributed by atoms with van der Waals surface area (Å²) in [7, 11) is 0. The molecule has 8 heteroatoms. The Morgan fingerprint density at radius 1 is 0.958 bits per heavy atom. The van der Waals surface area contributed by atoms with E-state index in [0.717, 1.165) is 30.3 Å². The molecule has 0 saturated heterocycles. The van der Waals surface area contributed by atoms with Crippen molar-refractivity contribution in [1.29, 1.82) is 0 Å². The van der Waals surface area contributed by atoms with Gasteiger partial charge in [-0.2, -0.15) is 0 Å². The lowest BCUT2D eigenvalue weighted by molar-refractivity contribution is -0.123. The van der Waals surface area contributed by atoms with E-state index in [9.17, 15) is 27.2 Å². The van der Waals surface area contributed by atoms with Gasteiger partial charge in [0, 0.05) is 0 Å². The molecule has 2 aromatic rings. The topological polar surface area (TPSA) is 55.4 Å². The van der Waals surface area contributed by atoms with Gasteiger partial charge < -0.3 is 10.1 Å². The molecule has 24 heavy (non-hydrogen) atoms. The lowest BCUT2D eigenvalue weighted by atomic mass is 10.2. The maximum atomic E-state index is 13.5. The summed E-state index contributed by atoms with van der Waals surface area (Å²) in [6, 6.07) is 5.88. The standard InChI is InChI=1S/C16H11F4NO3/c1-8(24-16(23)9-2-4-10(17)5-3-9)15(22)21-12-7-6-11(18)13(19)14(12)20/h2-8H,1H3,(H,21,22)/t8-/m1/s1. The van der Waals surface area contributed by atoms with E-state index in [-0.39, 0.29) is 5.56 Å². The highest BCUT2D eigenvalue weighted by atomic mass is 19.2. The zero-order valence-electron chi connectivity index (χ0n) is 12.3. The second-order valence-corrected chi connectivity index (χ2v) is 4.77. The molecular formula is C16H11F4NO3. The molecule has 0 aliphatic rings. The number of carbonyl (C=O) groups is 2. The number of ether oxygens (including phenoxy) is 1. The van der Waals surface area contributed by atoms with E-state index in [2.05, 4.69) is 0 Å². The Bertz CT molecular complexity index is 778. The lowest BCUT2D eigenvalue weighted by Gasteiger charge is -2.14. The van der Waals surface area contributed by atoms with Gasteiger partial charge in [-0.3, -0.25) is 4.79 Å². The van der Waals surface area contributed by atoms with Gasteiger partial charge in [-0.25, -0.2) is 22.4 Å². The fraction of sp³-hybridized carbons (Fsp3) is 0.125. The fourth-order valence-electron chi connectivity index (χ4n) is 1.72. The van der Waals surface area contributed by atoms with E-state index < -0.39 is 46.9 Å². The van der Waals surface area contributed by atoms with Crippen LogP contribution in [0.1, 0.15) is 17.3 Å². The molecule has 2 aromatic carbocycles. The minimum absolute atomic E-state index is 0.00931. The molecule has 126 valence electrons. The maximum absolute atomic E-state index is 13.5. The number of carbonyl (C=O) groups excluding carboxylic acids is 2. The van der Waals surface area contributed by atoms with Crippen molar-refractivity contribution in [1.82, 2.24) is 0 Å². The van der Waals surface area contributed by atoms with Crippen LogP contribution in [0.2, 0.25) is 0 Å². The molecule has 0 aromatic heterocycles. The number of halogens is 4. The average molecular weight is 341 g/mol. The number of hydrogen-bond acceptors (Lipinski definition) is 3. The van der Waals surface area contributed by atoms with Gasteiger partial charge in [-0.05, 0) is 43.3 Å². The van der Waals surface area contributed by atoms with E-state index in [4.69, 9.17) is 4.74 Å². The minimum Gasteiger partial charge on any atom is -0.449 e. The van der Waals surface area contributed by atoms with Gasteiger partial charge in [0.05, 0.1) is 11.3 Å². The summed E-state index contributed by atoms with van der Waals surface area (Å²) in [4.78, 5) is 23.6. The molecule has 1 atom stereocenters. The lowest BCUT2D eigenvalue weighted by Crippen LogP contribution is -2.30. The summed E-state index contributed by atoms with van der Waals surface area (Å²) < 4.78 is 57.0. The van der Waals surface area contributed by atoms with Gasteiger partial charge in [0.15, 0.2) is 23.6 Å². The zero-order valence-corrected chi connectivity index (χ0v) is 12.3. The number of esters is 1. The Kier molecular flexibility index (Phi) is 5.18. The van der Waals surface area contributed by atoms with Crippen molar-refractivity contribution < 1.29 is 31.9 Å². The van der Waals surface area contributed by atoms with Crippen LogP contribution >= 0.6 is 0 Å². The highest BCUT2D eigenvalue weighted by Gasteiger charge is 2.22. The highest BCUT2D eigenvalue weighted by molar-refractivity contribution is 5.97. The van der Waals surface area contributed by atoms with Crippen LogP contribution in [0.15, 0.2) is 36.4 Å². The molecule has 0 fully saturated rings. The molecule has 0 spiro atoms. The Morgan fingerprint density at radius 2 is 1.58 bits per heavy atom. The average Bonchev–Trinajstić information content (AvgIpc) is 2.55. The van der Waals surface area contributed by atoms with Gasteiger partial charge in [0.1, 0.15) is 5.82 Å². The van der Waals surface area contributed by atoms with Crippen molar-refractivity contribution in [3.8, 4) is 0 Å². The number of anilines is 1. The third-order valence-corrected chi connectivity index (χ3v) is 3.03. The number of hydrogen-bond donors (Lipinski definition) is 1. The predicted octanol–water partition coefficient (Wildman–Crippen LogP) is 3.43. The number of amides is 1. The van der Waals surface area contributed by atoms with Gasteiger partial charge in [-0.15, -0.1) is 0 Å². The van der Waals surface area contributed by atoms with Crippen molar-refractivity contribution in [2.24, 2.45) is 0 Å². The fourth-order valence-corrected chi connectivity index (χ4v) is 1.72. The first-order valence-corrected chi connectivity index (χ1v) is 6.70. The smallest absolute Gasteiger partial charge is 0.338 e. The first-order chi connectivity index (χ1) is 11.3. The Morgan fingerprint density at radius 3 is 2.21 bits per heavy atom. The molecule has 1 amide bonds. The highest BCUT2D eigenvalue weighted by Crippen LogP contribution is 2.20. The molecule has 0 heterocycles. The summed E-state index contributed by atoms with van der Waals surface area (Å²) in [6.45, 7) is 1.20. The van der Waals surface area contributed by atoms with Gasteiger partial charge >= 0.3 is 5.97 Å². The van der Waals surface area contributed by atoms with Crippen molar-refractivity contribution in [2.45, 2.75) is 13.0 Å². The molecule has 1 N–H and O–H groups in total. The molecule has 0 aliphatic heterocycles. The van der Waals surface area contributed by atoms with Crippen molar-refractivity contribution in [3.05, 3.63) is 65.2 Å². The van der Waals surface area contributed by atoms with Crippen molar-refractivity contribution >= 4 is 17.6 Å². The minimum atomic E-state index is -1.73. The molecule has 0 unspecified atom stereocenters. The summed E-state index contributed by atoms with van der Waals surface area (Å²) in [6.07, 6.45) is -1.35.